The molecule has 3 rings (SSSR count). The average Bonchev–Trinajstić information content (AvgIpc) is 2.95. The molecule has 1 aliphatic rings. The van der Waals surface area contributed by atoms with Crippen molar-refractivity contribution in [2.24, 2.45) is 7.05 Å². The summed E-state index contributed by atoms with van der Waals surface area (Å²) in [5.74, 6) is 0.975. The van der Waals surface area contributed by atoms with Gasteiger partial charge in [0.2, 0.25) is 5.95 Å². The van der Waals surface area contributed by atoms with Gasteiger partial charge in [-0.15, -0.1) is 0 Å². The standard InChI is InChI=1S/C13H19N5/c1-3-12-10(8-17(2)16-12)9-18-7-6-14-13(18)15-11-4-5-11/h6-8,11H,3-5,9H2,1-2H3,(H,14,15). The van der Waals surface area contributed by atoms with Gasteiger partial charge in [0.25, 0.3) is 0 Å². The summed E-state index contributed by atoms with van der Waals surface area (Å²) in [6.07, 6.45) is 9.47. The molecule has 5 heteroatoms. The molecule has 0 aliphatic heterocycles. The second-order valence-electron chi connectivity index (χ2n) is 4.93. The van der Waals surface area contributed by atoms with E-state index in [1.807, 2.05) is 24.1 Å². The lowest BCUT2D eigenvalue weighted by atomic mass is 10.2. The first-order chi connectivity index (χ1) is 8.76. The van der Waals surface area contributed by atoms with E-state index in [2.05, 4.69) is 33.1 Å². The van der Waals surface area contributed by atoms with Crippen molar-refractivity contribution in [1.82, 2.24) is 19.3 Å². The van der Waals surface area contributed by atoms with Crippen LogP contribution in [0.1, 0.15) is 31.0 Å². The highest BCUT2D eigenvalue weighted by Crippen LogP contribution is 2.24. The maximum Gasteiger partial charge on any atom is 0.203 e. The van der Waals surface area contributed by atoms with E-state index in [1.165, 1.54) is 24.1 Å². The highest BCUT2D eigenvalue weighted by Gasteiger charge is 2.22. The van der Waals surface area contributed by atoms with Gasteiger partial charge in [0.05, 0.1) is 12.2 Å². The molecule has 2 heterocycles. The van der Waals surface area contributed by atoms with Gasteiger partial charge < -0.3 is 9.88 Å². The zero-order valence-corrected chi connectivity index (χ0v) is 10.9. The van der Waals surface area contributed by atoms with Gasteiger partial charge in [-0.3, -0.25) is 4.68 Å². The van der Waals surface area contributed by atoms with Gasteiger partial charge in [-0.25, -0.2) is 4.98 Å². The van der Waals surface area contributed by atoms with E-state index in [-0.39, 0.29) is 0 Å². The Bertz CT molecular complexity index is 535. The number of anilines is 1. The maximum absolute atomic E-state index is 4.48. The first kappa shape index (κ1) is 11.3. The summed E-state index contributed by atoms with van der Waals surface area (Å²) < 4.78 is 4.05. The van der Waals surface area contributed by atoms with Gasteiger partial charge in [-0.1, -0.05) is 6.92 Å². The Balaban J connectivity index is 1.80. The third-order valence-corrected chi connectivity index (χ3v) is 3.29. The molecule has 1 saturated carbocycles. The monoisotopic (exact) mass is 245 g/mol. The smallest absolute Gasteiger partial charge is 0.203 e. The molecule has 0 atom stereocenters. The van der Waals surface area contributed by atoms with Crippen molar-refractivity contribution < 1.29 is 0 Å². The van der Waals surface area contributed by atoms with Crippen molar-refractivity contribution in [2.75, 3.05) is 5.32 Å². The molecular formula is C13H19N5. The van der Waals surface area contributed by atoms with Gasteiger partial charge >= 0.3 is 0 Å². The fourth-order valence-corrected chi connectivity index (χ4v) is 2.18. The summed E-state index contributed by atoms with van der Waals surface area (Å²) in [5.41, 5.74) is 2.44. The van der Waals surface area contributed by atoms with Crippen molar-refractivity contribution >= 4 is 5.95 Å². The van der Waals surface area contributed by atoms with E-state index < -0.39 is 0 Å². The molecular weight excluding hydrogens is 226 g/mol. The van der Waals surface area contributed by atoms with Crippen LogP contribution in [0.4, 0.5) is 5.95 Å². The van der Waals surface area contributed by atoms with E-state index >= 15 is 0 Å². The molecule has 1 fully saturated rings. The summed E-state index contributed by atoms with van der Waals surface area (Å²) in [6, 6.07) is 0.630. The molecule has 0 unspecified atom stereocenters. The summed E-state index contributed by atoms with van der Waals surface area (Å²) in [4.78, 5) is 4.38. The first-order valence-electron chi connectivity index (χ1n) is 6.55. The molecule has 1 N–H and O–H groups in total. The molecule has 0 radical (unpaired) electrons. The van der Waals surface area contributed by atoms with Crippen LogP contribution < -0.4 is 5.32 Å². The average molecular weight is 245 g/mol. The van der Waals surface area contributed by atoms with Crippen LogP contribution in [0.2, 0.25) is 0 Å². The number of imidazole rings is 1. The van der Waals surface area contributed by atoms with Crippen LogP contribution in [0.25, 0.3) is 0 Å². The van der Waals surface area contributed by atoms with Gasteiger partial charge in [0.1, 0.15) is 0 Å². The Labute approximate surface area is 107 Å². The highest BCUT2D eigenvalue weighted by molar-refractivity contribution is 5.31. The Morgan fingerprint density at radius 2 is 2.28 bits per heavy atom. The van der Waals surface area contributed by atoms with Crippen LogP contribution in [0, 0.1) is 0 Å². The molecule has 0 spiro atoms. The zero-order chi connectivity index (χ0) is 12.5. The molecule has 0 saturated heterocycles. The van der Waals surface area contributed by atoms with E-state index in [0.29, 0.717) is 6.04 Å². The van der Waals surface area contributed by atoms with Crippen LogP contribution in [0.15, 0.2) is 18.6 Å². The van der Waals surface area contributed by atoms with Gasteiger partial charge in [-0.2, -0.15) is 5.10 Å². The topological polar surface area (TPSA) is 47.7 Å². The predicted octanol–water partition coefficient (Wildman–Crippen LogP) is 1.80. The third-order valence-electron chi connectivity index (χ3n) is 3.29. The summed E-state index contributed by atoms with van der Waals surface area (Å²) in [7, 11) is 1.97. The quantitative estimate of drug-likeness (QED) is 0.873. The number of hydrogen-bond donors (Lipinski definition) is 1. The largest absolute Gasteiger partial charge is 0.353 e. The summed E-state index contributed by atoms with van der Waals surface area (Å²) in [6.45, 7) is 2.98. The number of nitrogens with one attached hydrogen (secondary N) is 1. The molecule has 0 aromatic carbocycles. The van der Waals surface area contributed by atoms with Crippen molar-refractivity contribution in [3.8, 4) is 0 Å². The Kier molecular flexibility index (Phi) is 2.81. The third kappa shape index (κ3) is 2.25. The highest BCUT2D eigenvalue weighted by atomic mass is 15.3. The minimum atomic E-state index is 0.630. The predicted molar refractivity (Wildman–Crippen MR) is 70.6 cm³/mol. The van der Waals surface area contributed by atoms with Crippen LogP contribution in [0.5, 0.6) is 0 Å². The van der Waals surface area contributed by atoms with E-state index in [0.717, 1.165) is 18.9 Å². The van der Waals surface area contributed by atoms with Crippen molar-refractivity contribution in [3.05, 3.63) is 29.8 Å². The molecule has 1 aliphatic carbocycles. The van der Waals surface area contributed by atoms with Crippen LogP contribution in [-0.2, 0) is 20.0 Å². The Morgan fingerprint density at radius 3 is 3.00 bits per heavy atom. The number of aromatic nitrogens is 4. The normalized spacial score (nSPS) is 15.0. The molecule has 18 heavy (non-hydrogen) atoms. The fourth-order valence-electron chi connectivity index (χ4n) is 2.18. The number of rotatable bonds is 5. The van der Waals surface area contributed by atoms with Gasteiger partial charge in [0, 0.05) is 37.2 Å². The minimum absolute atomic E-state index is 0.630. The van der Waals surface area contributed by atoms with Crippen LogP contribution >= 0.6 is 0 Å². The van der Waals surface area contributed by atoms with E-state index in [9.17, 15) is 0 Å². The van der Waals surface area contributed by atoms with Crippen LogP contribution in [-0.4, -0.2) is 25.4 Å². The Morgan fingerprint density at radius 1 is 1.44 bits per heavy atom. The Hall–Kier alpha value is -1.78. The number of nitrogens with zero attached hydrogens (tertiary/aromatic N) is 4. The first-order valence-corrected chi connectivity index (χ1v) is 6.55. The second kappa shape index (κ2) is 4.48. The van der Waals surface area contributed by atoms with Crippen molar-refractivity contribution in [3.63, 3.8) is 0 Å². The van der Waals surface area contributed by atoms with Gasteiger partial charge in [0.15, 0.2) is 0 Å². The van der Waals surface area contributed by atoms with Crippen LogP contribution in [0.3, 0.4) is 0 Å². The lowest BCUT2D eigenvalue weighted by molar-refractivity contribution is 0.746. The second-order valence-corrected chi connectivity index (χ2v) is 4.93. The molecule has 5 nitrogen and oxygen atoms in total. The lowest BCUT2D eigenvalue weighted by Crippen LogP contribution is -2.10. The van der Waals surface area contributed by atoms with E-state index in [4.69, 9.17) is 0 Å². The molecule has 2 aromatic heterocycles. The molecule has 0 amide bonds. The molecule has 96 valence electrons. The lowest BCUT2D eigenvalue weighted by Gasteiger charge is -2.08. The van der Waals surface area contributed by atoms with Crippen molar-refractivity contribution in [2.45, 2.75) is 38.8 Å². The zero-order valence-electron chi connectivity index (χ0n) is 10.9. The fraction of sp³-hybridized carbons (Fsp3) is 0.538. The maximum atomic E-state index is 4.48. The number of aryl methyl sites for hydroxylation is 2. The SMILES string of the molecule is CCc1nn(C)cc1Cn1ccnc1NC1CC1. The summed E-state index contributed by atoms with van der Waals surface area (Å²) in [5, 5.41) is 7.93. The van der Waals surface area contributed by atoms with Gasteiger partial charge in [-0.05, 0) is 19.3 Å². The minimum Gasteiger partial charge on any atom is -0.353 e. The van der Waals surface area contributed by atoms with Crippen molar-refractivity contribution in [1.29, 1.82) is 0 Å². The molecule has 2 aromatic rings. The summed E-state index contributed by atoms with van der Waals surface area (Å²) >= 11 is 0. The molecule has 0 bridgehead atoms. The number of hydrogen-bond acceptors (Lipinski definition) is 3. The van der Waals surface area contributed by atoms with E-state index in [1.54, 1.807) is 0 Å².